The number of carbonyl (C=O) groups excluding carboxylic acids is 1. The minimum Gasteiger partial charge on any atom is -0.444 e. The number of anilines is 1. The summed E-state index contributed by atoms with van der Waals surface area (Å²) in [5.41, 5.74) is 1.63. The number of ether oxygens (including phenoxy) is 1. The van der Waals surface area contributed by atoms with E-state index in [4.69, 9.17) is 4.74 Å². The van der Waals surface area contributed by atoms with Crippen LogP contribution >= 0.6 is 0 Å². The molecule has 1 aromatic rings. The highest BCUT2D eigenvalue weighted by Gasteiger charge is 2.30. The van der Waals surface area contributed by atoms with Crippen molar-refractivity contribution in [2.45, 2.75) is 65.1 Å². The Morgan fingerprint density at radius 2 is 1.64 bits per heavy atom. The van der Waals surface area contributed by atoms with Crippen LogP contribution in [0.15, 0.2) is 24.3 Å². The van der Waals surface area contributed by atoms with Crippen molar-refractivity contribution in [1.29, 1.82) is 0 Å². The van der Waals surface area contributed by atoms with Gasteiger partial charge >= 0.3 is 6.09 Å². The molecular weight excluding hydrogens is 314 g/mol. The molecule has 1 aromatic carbocycles. The quantitative estimate of drug-likeness (QED) is 0.747. The zero-order chi connectivity index (χ0) is 19.1. The van der Waals surface area contributed by atoms with Gasteiger partial charge in [0, 0.05) is 32.9 Å². The smallest absolute Gasteiger partial charge is 0.408 e. The summed E-state index contributed by atoms with van der Waals surface area (Å²) in [6.07, 6.45) is 1.33. The number of rotatable bonds is 8. The predicted octanol–water partition coefficient (Wildman–Crippen LogP) is 3.93. The van der Waals surface area contributed by atoms with Gasteiger partial charge in [-0.3, -0.25) is 0 Å². The van der Waals surface area contributed by atoms with Crippen LogP contribution in [-0.4, -0.2) is 37.9 Å². The first-order valence-corrected chi connectivity index (χ1v) is 9.09. The molecule has 0 atom stereocenters. The molecule has 0 bridgehead atoms. The van der Waals surface area contributed by atoms with E-state index in [2.05, 4.69) is 53.6 Å². The van der Waals surface area contributed by atoms with Gasteiger partial charge in [-0.1, -0.05) is 26.0 Å². The van der Waals surface area contributed by atoms with Crippen molar-refractivity contribution in [3.05, 3.63) is 29.8 Å². The van der Waals surface area contributed by atoms with Crippen LogP contribution in [0.5, 0.6) is 0 Å². The van der Waals surface area contributed by atoms with E-state index in [0.717, 1.165) is 19.4 Å². The van der Waals surface area contributed by atoms with Crippen molar-refractivity contribution in [2.24, 2.45) is 0 Å². The standard InChI is InChI=1S/C20H35N3O2/c1-8-20(9-2,22-18(24)25-19(3,4)5)15-21-14-16-10-12-17(13-11-16)23(6)7/h10-13,21H,8-9,14-15H2,1-7H3,(H,22,24). The molecule has 0 aliphatic carbocycles. The van der Waals surface area contributed by atoms with Crippen LogP contribution in [0.2, 0.25) is 0 Å². The van der Waals surface area contributed by atoms with Crippen LogP contribution in [0.3, 0.4) is 0 Å². The van der Waals surface area contributed by atoms with Gasteiger partial charge in [0.2, 0.25) is 0 Å². The van der Waals surface area contributed by atoms with E-state index in [-0.39, 0.29) is 11.6 Å². The Labute approximate surface area is 153 Å². The lowest BCUT2D eigenvalue weighted by molar-refractivity contribution is 0.0446. The molecule has 0 aliphatic rings. The van der Waals surface area contributed by atoms with Gasteiger partial charge in [0.1, 0.15) is 5.60 Å². The van der Waals surface area contributed by atoms with Crippen molar-refractivity contribution >= 4 is 11.8 Å². The van der Waals surface area contributed by atoms with Crippen LogP contribution in [0, 0.1) is 0 Å². The molecule has 1 amide bonds. The number of nitrogens with one attached hydrogen (secondary N) is 2. The summed E-state index contributed by atoms with van der Waals surface area (Å²) in [6.45, 7) is 11.3. The minimum absolute atomic E-state index is 0.300. The molecule has 0 radical (unpaired) electrons. The second kappa shape index (κ2) is 9.09. The average Bonchev–Trinajstić information content (AvgIpc) is 2.52. The lowest BCUT2D eigenvalue weighted by atomic mass is 9.92. The highest BCUT2D eigenvalue weighted by Crippen LogP contribution is 2.17. The lowest BCUT2D eigenvalue weighted by Crippen LogP contribution is -2.55. The molecule has 0 heterocycles. The van der Waals surface area contributed by atoms with Gasteiger partial charge in [0.25, 0.3) is 0 Å². The molecule has 25 heavy (non-hydrogen) atoms. The predicted molar refractivity (Wildman–Crippen MR) is 105 cm³/mol. The van der Waals surface area contributed by atoms with Crippen molar-refractivity contribution in [2.75, 3.05) is 25.5 Å². The van der Waals surface area contributed by atoms with Gasteiger partial charge in [0.15, 0.2) is 0 Å². The van der Waals surface area contributed by atoms with Gasteiger partial charge in [-0.05, 0) is 51.3 Å². The summed E-state index contributed by atoms with van der Waals surface area (Å²) < 4.78 is 5.41. The van der Waals surface area contributed by atoms with Crippen LogP contribution in [0.25, 0.3) is 0 Å². The van der Waals surface area contributed by atoms with Crippen LogP contribution in [0.1, 0.15) is 53.0 Å². The average molecular weight is 350 g/mol. The third-order valence-corrected chi connectivity index (χ3v) is 4.36. The number of hydrogen-bond acceptors (Lipinski definition) is 4. The number of alkyl carbamates (subject to hydrolysis) is 1. The Bertz CT molecular complexity index is 529. The Morgan fingerprint density at radius 1 is 1.08 bits per heavy atom. The fraction of sp³-hybridized carbons (Fsp3) is 0.650. The zero-order valence-corrected chi connectivity index (χ0v) is 16.9. The Kier molecular flexibility index (Phi) is 7.74. The highest BCUT2D eigenvalue weighted by molar-refractivity contribution is 5.68. The van der Waals surface area contributed by atoms with Crippen molar-refractivity contribution in [1.82, 2.24) is 10.6 Å². The number of benzene rings is 1. The summed E-state index contributed by atoms with van der Waals surface area (Å²) in [4.78, 5) is 14.2. The normalized spacial score (nSPS) is 12.0. The largest absolute Gasteiger partial charge is 0.444 e. The molecule has 0 unspecified atom stereocenters. The molecule has 142 valence electrons. The molecule has 5 nitrogen and oxygen atoms in total. The second-order valence-electron chi connectivity index (χ2n) is 7.78. The molecule has 0 saturated heterocycles. The Morgan fingerprint density at radius 3 is 2.08 bits per heavy atom. The van der Waals surface area contributed by atoms with Crippen molar-refractivity contribution < 1.29 is 9.53 Å². The SMILES string of the molecule is CCC(CC)(CNCc1ccc(N(C)C)cc1)NC(=O)OC(C)(C)C. The van der Waals surface area contributed by atoms with Crippen molar-refractivity contribution in [3.8, 4) is 0 Å². The summed E-state index contributed by atoms with van der Waals surface area (Å²) in [5, 5.41) is 6.54. The van der Waals surface area contributed by atoms with Gasteiger partial charge in [-0.25, -0.2) is 4.79 Å². The van der Waals surface area contributed by atoms with E-state index in [0.29, 0.717) is 6.54 Å². The maximum absolute atomic E-state index is 12.2. The zero-order valence-electron chi connectivity index (χ0n) is 16.9. The van der Waals surface area contributed by atoms with Crippen LogP contribution < -0.4 is 15.5 Å². The van der Waals surface area contributed by atoms with Crippen LogP contribution in [0.4, 0.5) is 10.5 Å². The fourth-order valence-corrected chi connectivity index (χ4v) is 2.60. The minimum atomic E-state index is -0.487. The topological polar surface area (TPSA) is 53.6 Å². The first-order valence-electron chi connectivity index (χ1n) is 9.09. The summed E-state index contributed by atoms with van der Waals surface area (Å²) >= 11 is 0. The van der Waals surface area contributed by atoms with E-state index >= 15 is 0 Å². The number of nitrogens with zero attached hydrogens (tertiary/aromatic N) is 1. The molecular formula is C20H35N3O2. The molecule has 0 fully saturated rings. The summed E-state index contributed by atoms with van der Waals surface area (Å²) in [7, 11) is 4.07. The molecule has 2 N–H and O–H groups in total. The van der Waals surface area contributed by atoms with E-state index in [1.165, 1.54) is 11.3 Å². The third kappa shape index (κ3) is 7.34. The van der Waals surface area contributed by atoms with E-state index in [1.807, 2.05) is 34.9 Å². The highest BCUT2D eigenvalue weighted by atomic mass is 16.6. The summed E-state index contributed by atoms with van der Waals surface area (Å²) in [5.74, 6) is 0. The van der Waals surface area contributed by atoms with E-state index in [9.17, 15) is 4.79 Å². The molecule has 0 aliphatic heterocycles. The number of amides is 1. The lowest BCUT2D eigenvalue weighted by Gasteiger charge is -2.34. The van der Waals surface area contributed by atoms with Gasteiger partial charge < -0.3 is 20.3 Å². The fourth-order valence-electron chi connectivity index (χ4n) is 2.60. The first kappa shape index (κ1) is 21.3. The second-order valence-corrected chi connectivity index (χ2v) is 7.78. The van der Waals surface area contributed by atoms with Crippen LogP contribution in [-0.2, 0) is 11.3 Å². The van der Waals surface area contributed by atoms with Gasteiger partial charge in [-0.2, -0.15) is 0 Å². The molecule has 0 aromatic heterocycles. The van der Waals surface area contributed by atoms with E-state index in [1.54, 1.807) is 0 Å². The summed E-state index contributed by atoms with van der Waals surface area (Å²) in [6, 6.07) is 8.48. The first-order chi connectivity index (χ1) is 11.6. The molecule has 1 rings (SSSR count). The third-order valence-electron chi connectivity index (χ3n) is 4.36. The number of carbonyl (C=O) groups is 1. The van der Waals surface area contributed by atoms with Crippen molar-refractivity contribution in [3.63, 3.8) is 0 Å². The van der Waals surface area contributed by atoms with E-state index < -0.39 is 5.60 Å². The van der Waals surface area contributed by atoms with Gasteiger partial charge in [-0.15, -0.1) is 0 Å². The monoisotopic (exact) mass is 349 g/mol. The maximum Gasteiger partial charge on any atom is 0.408 e. The maximum atomic E-state index is 12.2. The van der Waals surface area contributed by atoms with Gasteiger partial charge in [0.05, 0.1) is 5.54 Å². The Hall–Kier alpha value is -1.75. The molecule has 0 spiro atoms. The number of hydrogen-bond donors (Lipinski definition) is 2. The Balaban J connectivity index is 2.60. The molecule has 0 saturated carbocycles. The molecule has 5 heteroatoms.